The number of fused-ring (bicyclic) bond motifs is 1. The Morgan fingerprint density at radius 3 is 2.33 bits per heavy atom. The molecule has 0 spiro atoms. The summed E-state index contributed by atoms with van der Waals surface area (Å²) in [4.78, 5) is 50.8. The molecule has 33 heavy (non-hydrogen) atoms. The van der Waals surface area contributed by atoms with Crippen LogP contribution in [0.2, 0.25) is 0 Å². The number of nitrogens with two attached hydrogens (primary N) is 1. The number of ketones is 1. The zero-order valence-electron chi connectivity index (χ0n) is 17.9. The first kappa shape index (κ1) is 21.8. The fraction of sp³-hybridized carbons (Fsp3) is 0.120. The highest BCUT2D eigenvalue weighted by atomic mass is 16.5. The molecule has 0 amide bonds. The number of nitrogen functional groups attached to an aromatic ring is 1. The molecule has 0 aliphatic heterocycles. The maximum absolute atomic E-state index is 12.9. The molecular formula is C25H21N3O5. The molecule has 0 saturated carbocycles. The Hall–Kier alpha value is -4.46. The average Bonchev–Trinajstić information content (AvgIpc) is 2.84. The molecule has 0 atom stereocenters. The van der Waals surface area contributed by atoms with Gasteiger partial charge < -0.3 is 10.5 Å². The van der Waals surface area contributed by atoms with Crippen LogP contribution >= 0.6 is 0 Å². The predicted octanol–water partition coefficient (Wildman–Crippen LogP) is 2.37. The van der Waals surface area contributed by atoms with Crippen LogP contribution in [0.15, 0.2) is 82.4 Å². The summed E-state index contributed by atoms with van der Waals surface area (Å²) in [5.74, 6) is -1.75. The summed E-state index contributed by atoms with van der Waals surface area (Å²) in [6.07, 6.45) is 0. The predicted molar refractivity (Wildman–Crippen MR) is 124 cm³/mol. The molecule has 4 rings (SSSR count). The number of ether oxygens (including phenoxy) is 1. The van der Waals surface area contributed by atoms with Gasteiger partial charge in [0.2, 0.25) is 5.78 Å². The Bertz CT molecular complexity index is 1480. The normalized spacial score (nSPS) is 10.8. The second-order valence-corrected chi connectivity index (χ2v) is 7.50. The molecule has 0 aliphatic carbocycles. The van der Waals surface area contributed by atoms with Crippen molar-refractivity contribution >= 4 is 28.3 Å². The number of anilines is 1. The van der Waals surface area contributed by atoms with Gasteiger partial charge >= 0.3 is 11.7 Å². The topological polar surface area (TPSA) is 113 Å². The van der Waals surface area contributed by atoms with E-state index in [2.05, 4.69) is 0 Å². The maximum atomic E-state index is 12.9. The highest BCUT2D eigenvalue weighted by molar-refractivity contribution is 6.06. The maximum Gasteiger partial charge on any atom is 0.339 e. The van der Waals surface area contributed by atoms with Gasteiger partial charge in [-0.1, -0.05) is 66.7 Å². The van der Waals surface area contributed by atoms with E-state index in [-0.39, 0.29) is 12.4 Å². The monoisotopic (exact) mass is 443 g/mol. The van der Waals surface area contributed by atoms with Gasteiger partial charge in [-0.25, -0.2) is 9.59 Å². The molecule has 0 radical (unpaired) electrons. The number of benzene rings is 3. The average molecular weight is 443 g/mol. The lowest BCUT2D eigenvalue weighted by atomic mass is 10.0. The minimum Gasteiger partial charge on any atom is -0.454 e. The van der Waals surface area contributed by atoms with E-state index in [1.165, 1.54) is 7.05 Å². The number of Topliss-reactive ketones (excluding diaryl/α,β-unsaturated/α-hetero) is 1. The summed E-state index contributed by atoms with van der Waals surface area (Å²) in [5.41, 5.74) is 5.28. The van der Waals surface area contributed by atoms with Crippen LogP contribution in [0.5, 0.6) is 0 Å². The number of carbonyl (C=O) groups excluding carboxylic acids is 2. The summed E-state index contributed by atoms with van der Waals surface area (Å²) >= 11 is 0. The van der Waals surface area contributed by atoms with Gasteiger partial charge in [0, 0.05) is 7.05 Å². The van der Waals surface area contributed by atoms with Crippen LogP contribution in [0.3, 0.4) is 0 Å². The van der Waals surface area contributed by atoms with Gasteiger partial charge in [0.15, 0.2) is 6.61 Å². The summed E-state index contributed by atoms with van der Waals surface area (Å²) in [5, 5.41) is 1.54. The van der Waals surface area contributed by atoms with Crippen LogP contribution in [0.25, 0.3) is 10.8 Å². The molecule has 3 aromatic carbocycles. The summed E-state index contributed by atoms with van der Waals surface area (Å²) in [6.45, 7) is -0.610. The van der Waals surface area contributed by atoms with Gasteiger partial charge in [0.25, 0.3) is 5.56 Å². The summed E-state index contributed by atoms with van der Waals surface area (Å²) < 4.78 is 7.18. The van der Waals surface area contributed by atoms with Crippen molar-refractivity contribution < 1.29 is 14.3 Å². The SMILES string of the molecule is Cn1c(=O)c(C(=O)COC(=O)c2cccc3ccccc23)c(N)n(Cc2ccccc2)c1=O. The van der Waals surface area contributed by atoms with Gasteiger partial charge in [-0.05, 0) is 22.4 Å². The van der Waals surface area contributed by atoms with Crippen molar-refractivity contribution in [2.75, 3.05) is 12.3 Å². The van der Waals surface area contributed by atoms with Gasteiger partial charge in [0.05, 0.1) is 12.1 Å². The van der Waals surface area contributed by atoms with E-state index in [1.807, 2.05) is 24.3 Å². The number of rotatable bonds is 6. The number of nitrogens with zero attached hydrogens (tertiary/aromatic N) is 2. The largest absolute Gasteiger partial charge is 0.454 e. The highest BCUT2D eigenvalue weighted by Crippen LogP contribution is 2.19. The molecule has 2 N–H and O–H groups in total. The third-order valence-electron chi connectivity index (χ3n) is 5.39. The molecule has 0 saturated heterocycles. The van der Waals surface area contributed by atoms with E-state index in [4.69, 9.17) is 10.5 Å². The van der Waals surface area contributed by atoms with Gasteiger partial charge in [-0.15, -0.1) is 0 Å². The van der Waals surface area contributed by atoms with Crippen molar-refractivity contribution in [3.63, 3.8) is 0 Å². The zero-order valence-corrected chi connectivity index (χ0v) is 17.9. The molecule has 1 heterocycles. The minimum atomic E-state index is -0.840. The van der Waals surface area contributed by atoms with E-state index in [1.54, 1.807) is 48.5 Å². The third-order valence-corrected chi connectivity index (χ3v) is 5.39. The fourth-order valence-corrected chi connectivity index (χ4v) is 3.65. The van der Waals surface area contributed by atoms with E-state index in [9.17, 15) is 19.2 Å². The molecule has 1 aromatic heterocycles. The van der Waals surface area contributed by atoms with E-state index in [0.717, 1.165) is 20.1 Å². The first-order valence-corrected chi connectivity index (χ1v) is 10.2. The van der Waals surface area contributed by atoms with E-state index < -0.39 is 35.2 Å². The summed E-state index contributed by atoms with van der Waals surface area (Å²) in [7, 11) is 1.27. The molecule has 0 aliphatic rings. The van der Waals surface area contributed by atoms with Gasteiger partial charge in [-0.3, -0.25) is 18.7 Å². The number of hydrogen-bond acceptors (Lipinski definition) is 6. The number of hydrogen-bond donors (Lipinski definition) is 1. The van der Waals surface area contributed by atoms with E-state index >= 15 is 0 Å². The van der Waals surface area contributed by atoms with Crippen LogP contribution in [0, 0.1) is 0 Å². The first-order chi connectivity index (χ1) is 15.9. The molecule has 8 nitrogen and oxygen atoms in total. The van der Waals surface area contributed by atoms with Crippen molar-refractivity contribution in [1.29, 1.82) is 0 Å². The van der Waals surface area contributed by atoms with Crippen molar-refractivity contribution in [3.8, 4) is 0 Å². The van der Waals surface area contributed by atoms with E-state index in [0.29, 0.717) is 10.9 Å². The zero-order chi connectivity index (χ0) is 23.5. The highest BCUT2D eigenvalue weighted by Gasteiger charge is 2.23. The number of aromatic nitrogens is 2. The fourth-order valence-electron chi connectivity index (χ4n) is 3.65. The molecule has 0 bridgehead atoms. The van der Waals surface area contributed by atoms with Crippen molar-refractivity contribution in [3.05, 3.63) is 110 Å². The van der Waals surface area contributed by atoms with Crippen LogP contribution in [0.4, 0.5) is 5.82 Å². The van der Waals surface area contributed by atoms with Crippen LogP contribution in [-0.4, -0.2) is 27.5 Å². The lowest BCUT2D eigenvalue weighted by molar-refractivity contribution is 0.0476. The molecule has 8 heteroatoms. The second-order valence-electron chi connectivity index (χ2n) is 7.50. The van der Waals surface area contributed by atoms with Crippen molar-refractivity contribution in [2.24, 2.45) is 7.05 Å². The molecule has 0 fully saturated rings. The van der Waals surface area contributed by atoms with Crippen LogP contribution in [0.1, 0.15) is 26.3 Å². The number of esters is 1. The standard InChI is InChI=1S/C25H21N3O5/c1-27-23(30)21(22(26)28(25(27)32)14-16-8-3-2-4-9-16)20(29)15-33-24(31)19-13-7-11-17-10-5-6-12-18(17)19/h2-13H,14-15,26H2,1H3. The Balaban J connectivity index is 1.62. The van der Waals surface area contributed by atoms with Gasteiger partial charge in [-0.2, -0.15) is 0 Å². The Kier molecular flexibility index (Phi) is 5.91. The van der Waals surface area contributed by atoms with Crippen molar-refractivity contribution in [1.82, 2.24) is 9.13 Å². The smallest absolute Gasteiger partial charge is 0.339 e. The van der Waals surface area contributed by atoms with Crippen LogP contribution in [-0.2, 0) is 18.3 Å². The number of carbonyl (C=O) groups is 2. The van der Waals surface area contributed by atoms with Gasteiger partial charge in [0.1, 0.15) is 11.4 Å². The van der Waals surface area contributed by atoms with Crippen LogP contribution < -0.4 is 17.0 Å². The Morgan fingerprint density at radius 1 is 0.909 bits per heavy atom. The Labute approximate surface area is 188 Å². The van der Waals surface area contributed by atoms with Crippen molar-refractivity contribution in [2.45, 2.75) is 6.54 Å². The third kappa shape index (κ3) is 4.18. The lowest BCUT2D eigenvalue weighted by Crippen LogP contribution is -2.43. The molecule has 4 aromatic rings. The first-order valence-electron chi connectivity index (χ1n) is 10.2. The lowest BCUT2D eigenvalue weighted by Gasteiger charge is -2.15. The molecular weight excluding hydrogens is 422 g/mol. The second kappa shape index (κ2) is 8.96. The minimum absolute atomic E-state index is 0.0791. The summed E-state index contributed by atoms with van der Waals surface area (Å²) in [6, 6.07) is 21.5. The molecule has 0 unspecified atom stereocenters. The quantitative estimate of drug-likeness (QED) is 0.362. The molecule has 166 valence electrons. The Morgan fingerprint density at radius 2 is 1.58 bits per heavy atom.